The van der Waals surface area contributed by atoms with Gasteiger partial charge in [0.1, 0.15) is 12.5 Å². The summed E-state index contributed by atoms with van der Waals surface area (Å²) < 4.78 is 4.82. The molecule has 2 heterocycles. The molecule has 3 atom stereocenters. The van der Waals surface area contributed by atoms with Crippen LogP contribution in [-0.2, 0) is 9.53 Å². The van der Waals surface area contributed by atoms with E-state index in [-0.39, 0.29) is 30.0 Å². The van der Waals surface area contributed by atoms with E-state index >= 15 is 0 Å². The van der Waals surface area contributed by atoms with Crippen LogP contribution in [0.1, 0.15) is 6.92 Å². The van der Waals surface area contributed by atoms with E-state index in [1.54, 1.807) is 0 Å². The lowest BCUT2D eigenvalue weighted by molar-refractivity contribution is -0.141. The molecule has 0 aliphatic carbocycles. The zero-order valence-electron chi connectivity index (χ0n) is 6.66. The molecule has 0 saturated carbocycles. The van der Waals surface area contributed by atoms with Crippen LogP contribution in [0.3, 0.4) is 0 Å². The minimum Gasteiger partial charge on any atom is -0.463 e. The van der Waals surface area contributed by atoms with E-state index < -0.39 is 0 Å². The minimum absolute atomic E-state index is 0.126. The first-order chi connectivity index (χ1) is 5.68. The molecule has 0 bridgehead atoms. The molecule has 0 aromatic carbocycles. The van der Waals surface area contributed by atoms with Crippen LogP contribution < -0.4 is 10.6 Å². The van der Waals surface area contributed by atoms with Crippen molar-refractivity contribution in [3.05, 3.63) is 0 Å². The zero-order valence-corrected chi connectivity index (χ0v) is 6.66. The molecular weight excluding hydrogens is 160 g/mol. The van der Waals surface area contributed by atoms with Crippen molar-refractivity contribution in [2.24, 2.45) is 5.92 Å². The van der Waals surface area contributed by atoms with Crippen molar-refractivity contribution in [1.29, 1.82) is 0 Å². The van der Waals surface area contributed by atoms with Crippen molar-refractivity contribution in [2.75, 3.05) is 6.61 Å². The summed E-state index contributed by atoms with van der Waals surface area (Å²) in [5.74, 6) is -0.442. The van der Waals surface area contributed by atoms with E-state index in [0.717, 1.165) is 0 Å². The second-order valence-electron chi connectivity index (χ2n) is 3.17. The van der Waals surface area contributed by atoms with E-state index in [1.807, 2.05) is 6.92 Å². The molecule has 5 heteroatoms. The monoisotopic (exact) mass is 170 g/mol. The van der Waals surface area contributed by atoms with Crippen molar-refractivity contribution in [3.8, 4) is 0 Å². The Hall–Kier alpha value is -1.26. The smallest absolute Gasteiger partial charge is 0.315 e. The molecule has 2 N–H and O–H groups in total. The Bertz CT molecular complexity index is 241. The number of rotatable bonds is 0. The highest BCUT2D eigenvalue weighted by Gasteiger charge is 2.44. The van der Waals surface area contributed by atoms with Gasteiger partial charge in [0.25, 0.3) is 0 Å². The summed E-state index contributed by atoms with van der Waals surface area (Å²) >= 11 is 0. The Labute approximate surface area is 69.5 Å². The predicted molar refractivity (Wildman–Crippen MR) is 39.4 cm³/mol. The summed E-state index contributed by atoms with van der Waals surface area (Å²) in [5.41, 5.74) is 0. The lowest BCUT2D eigenvalue weighted by atomic mass is 9.93. The number of carbonyl (C=O) groups is 2. The number of ether oxygens (including phenoxy) is 1. The van der Waals surface area contributed by atoms with Crippen LogP contribution in [0, 0.1) is 5.92 Å². The van der Waals surface area contributed by atoms with Gasteiger partial charge in [-0.2, -0.15) is 0 Å². The Morgan fingerprint density at radius 2 is 2.17 bits per heavy atom. The van der Waals surface area contributed by atoms with Crippen LogP contribution in [0.15, 0.2) is 0 Å². The summed E-state index contributed by atoms with van der Waals surface area (Å²) in [6.45, 7) is 2.12. The van der Waals surface area contributed by atoms with Gasteiger partial charge in [-0.25, -0.2) is 4.79 Å². The average Bonchev–Trinajstić information content (AvgIpc) is 2.31. The Kier molecular flexibility index (Phi) is 1.46. The zero-order chi connectivity index (χ0) is 8.72. The standard InChI is InChI=1S/C7H10N2O3/c1-3-5-4(2-12-6(5)10)9-7(11)8-3/h3-5H,2H2,1H3,(H2,8,9,11)/t3-,4-,5-/m1/s1. The largest absolute Gasteiger partial charge is 0.463 e. The van der Waals surface area contributed by atoms with Gasteiger partial charge in [-0.3, -0.25) is 4.79 Å². The normalized spacial score (nSPS) is 39.6. The maximum absolute atomic E-state index is 11.1. The van der Waals surface area contributed by atoms with E-state index in [4.69, 9.17) is 4.74 Å². The van der Waals surface area contributed by atoms with Crippen LogP contribution in [0.25, 0.3) is 0 Å². The molecule has 0 radical (unpaired) electrons. The molecule has 2 fully saturated rings. The Balaban J connectivity index is 2.19. The molecule has 2 amide bonds. The fraction of sp³-hybridized carbons (Fsp3) is 0.714. The van der Waals surface area contributed by atoms with Gasteiger partial charge in [0.05, 0.1) is 6.04 Å². The fourth-order valence-electron chi connectivity index (χ4n) is 1.73. The number of nitrogens with one attached hydrogen (secondary N) is 2. The third kappa shape index (κ3) is 0.929. The molecule has 2 aliphatic rings. The first kappa shape index (κ1) is 7.39. The molecule has 0 aromatic heterocycles. The molecule has 2 aliphatic heterocycles. The predicted octanol–water partition coefficient (Wildman–Crippen LogP) is -0.771. The van der Waals surface area contributed by atoms with Gasteiger partial charge in [-0.15, -0.1) is 0 Å². The SMILES string of the molecule is C[C@H]1NC(=O)N[C@@H]2COC(=O)[C@H]12. The fourth-order valence-corrected chi connectivity index (χ4v) is 1.73. The van der Waals surface area contributed by atoms with Gasteiger partial charge in [-0.05, 0) is 6.92 Å². The summed E-state index contributed by atoms with van der Waals surface area (Å²) in [7, 11) is 0. The van der Waals surface area contributed by atoms with E-state index in [0.29, 0.717) is 6.61 Å². The molecule has 0 unspecified atom stereocenters. The number of cyclic esters (lactones) is 1. The van der Waals surface area contributed by atoms with Gasteiger partial charge >= 0.3 is 12.0 Å². The summed E-state index contributed by atoms with van der Waals surface area (Å²) in [6.07, 6.45) is 0. The quantitative estimate of drug-likeness (QED) is 0.469. The minimum atomic E-state index is -0.222. The van der Waals surface area contributed by atoms with Gasteiger partial charge < -0.3 is 15.4 Å². The van der Waals surface area contributed by atoms with Crippen LogP contribution in [0.4, 0.5) is 4.79 Å². The molecule has 12 heavy (non-hydrogen) atoms. The summed E-state index contributed by atoms with van der Waals surface area (Å²) in [6, 6.07) is -0.484. The molecule has 2 saturated heterocycles. The number of carbonyl (C=O) groups excluding carboxylic acids is 2. The molecular formula is C7H10N2O3. The van der Waals surface area contributed by atoms with Gasteiger partial charge in [0.2, 0.25) is 0 Å². The molecule has 2 rings (SSSR count). The van der Waals surface area contributed by atoms with E-state index in [9.17, 15) is 9.59 Å². The lowest BCUT2D eigenvalue weighted by Gasteiger charge is -2.29. The molecule has 0 aromatic rings. The summed E-state index contributed by atoms with van der Waals surface area (Å²) in [4.78, 5) is 22.0. The van der Waals surface area contributed by atoms with Crippen molar-refractivity contribution in [3.63, 3.8) is 0 Å². The Morgan fingerprint density at radius 3 is 2.92 bits per heavy atom. The number of amides is 2. The van der Waals surface area contributed by atoms with E-state index in [1.165, 1.54) is 0 Å². The highest BCUT2D eigenvalue weighted by molar-refractivity contribution is 5.83. The first-order valence-corrected chi connectivity index (χ1v) is 3.92. The average molecular weight is 170 g/mol. The number of urea groups is 1. The first-order valence-electron chi connectivity index (χ1n) is 3.92. The third-order valence-electron chi connectivity index (χ3n) is 2.32. The topological polar surface area (TPSA) is 67.4 Å². The molecule has 0 spiro atoms. The van der Waals surface area contributed by atoms with Gasteiger partial charge in [0.15, 0.2) is 0 Å². The molecule has 66 valence electrons. The highest BCUT2D eigenvalue weighted by atomic mass is 16.5. The maximum Gasteiger partial charge on any atom is 0.315 e. The number of fused-ring (bicyclic) bond motifs is 1. The Morgan fingerprint density at radius 1 is 1.42 bits per heavy atom. The highest BCUT2D eigenvalue weighted by Crippen LogP contribution is 2.21. The molecule has 5 nitrogen and oxygen atoms in total. The number of esters is 1. The van der Waals surface area contributed by atoms with Crippen LogP contribution in [-0.4, -0.2) is 30.7 Å². The second-order valence-corrected chi connectivity index (χ2v) is 3.17. The van der Waals surface area contributed by atoms with Crippen LogP contribution in [0.5, 0.6) is 0 Å². The van der Waals surface area contributed by atoms with Gasteiger partial charge in [-0.1, -0.05) is 0 Å². The van der Waals surface area contributed by atoms with Crippen LogP contribution >= 0.6 is 0 Å². The third-order valence-corrected chi connectivity index (χ3v) is 2.32. The van der Waals surface area contributed by atoms with Gasteiger partial charge in [0, 0.05) is 6.04 Å². The van der Waals surface area contributed by atoms with Crippen molar-refractivity contribution < 1.29 is 14.3 Å². The van der Waals surface area contributed by atoms with Crippen molar-refractivity contribution >= 4 is 12.0 Å². The maximum atomic E-state index is 11.1. The van der Waals surface area contributed by atoms with Crippen molar-refractivity contribution in [1.82, 2.24) is 10.6 Å². The second kappa shape index (κ2) is 2.36. The van der Waals surface area contributed by atoms with Crippen LogP contribution in [0.2, 0.25) is 0 Å². The van der Waals surface area contributed by atoms with E-state index in [2.05, 4.69) is 10.6 Å². The van der Waals surface area contributed by atoms with Crippen molar-refractivity contribution in [2.45, 2.75) is 19.0 Å². The number of hydrogen-bond donors (Lipinski definition) is 2. The lowest BCUT2D eigenvalue weighted by Crippen LogP contribution is -2.59. The summed E-state index contributed by atoms with van der Waals surface area (Å²) in [5, 5.41) is 5.27. The number of hydrogen-bond acceptors (Lipinski definition) is 3.